The Morgan fingerprint density at radius 1 is 1.43 bits per heavy atom. The van der Waals surface area contributed by atoms with E-state index in [1.54, 1.807) is 0 Å². The zero-order valence-corrected chi connectivity index (χ0v) is 12.0. The lowest BCUT2D eigenvalue weighted by molar-refractivity contribution is -0.384. The molecule has 0 radical (unpaired) electrons. The van der Waals surface area contributed by atoms with Crippen LogP contribution in [-0.2, 0) is 9.59 Å². The number of carbonyl (C=O) groups excluding carboxylic acids is 1. The molecule has 1 aliphatic rings. The zero-order chi connectivity index (χ0) is 15.6. The number of rotatable bonds is 4. The molecule has 1 amide bonds. The van der Waals surface area contributed by atoms with Crippen molar-refractivity contribution in [2.24, 2.45) is 0 Å². The highest BCUT2D eigenvalue weighted by Crippen LogP contribution is 2.32. The van der Waals surface area contributed by atoms with Gasteiger partial charge in [-0.2, -0.15) is 0 Å². The number of aliphatic carboxylic acids is 1. The molecule has 1 saturated heterocycles. The lowest BCUT2D eigenvalue weighted by Crippen LogP contribution is -2.33. The largest absolute Gasteiger partial charge is 0.480 e. The SMILES string of the molecule is O=C(O)CN1C(=O)C(=Cc2ccc([N+](=O)[O-])cc2)SC1=S. The quantitative estimate of drug-likeness (QED) is 0.390. The highest BCUT2D eigenvalue weighted by Gasteiger charge is 2.33. The van der Waals surface area contributed by atoms with E-state index in [2.05, 4.69) is 0 Å². The predicted molar refractivity (Wildman–Crippen MR) is 80.6 cm³/mol. The molecule has 0 aromatic heterocycles. The molecule has 1 heterocycles. The van der Waals surface area contributed by atoms with Crippen molar-refractivity contribution in [2.45, 2.75) is 0 Å². The molecule has 21 heavy (non-hydrogen) atoms. The lowest BCUT2D eigenvalue weighted by atomic mass is 10.2. The van der Waals surface area contributed by atoms with Crippen LogP contribution in [0.2, 0.25) is 0 Å². The molecule has 0 bridgehead atoms. The van der Waals surface area contributed by atoms with Crippen LogP contribution in [0.5, 0.6) is 0 Å². The van der Waals surface area contributed by atoms with Gasteiger partial charge in [0.25, 0.3) is 11.6 Å². The number of nitro benzene ring substituents is 1. The lowest BCUT2D eigenvalue weighted by Gasteiger charge is -2.10. The fourth-order valence-corrected chi connectivity index (χ4v) is 2.87. The van der Waals surface area contributed by atoms with E-state index in [9.17, 15) is 19.7 Å². The number of carboxylic acids is 1. The van der Waals surface area contributed by atoms with Crippen molar-refractivity contribution in [2.75, 3.05) is 6.54 Å². The maximum absolute atomic E-state index is 12.0. The molecule has 1 fully saturated rings. The van der Waals surface area contributed by atoms with Crippen LogP contribution >= 0.6 is 24.0 Å². The van der Waals surface area contributed by atoms with Crippen LogP contribution in [0.15, 0.2) is 29.2 Å². The Morgan fingerprint density at radius 3 is 2.57 bits per heavy atom. The van der Waals surface area contributed by atoms with Crippen molar-refractivity contribution >= 4 is 51.9 Å². The summed E-state index contributed by atoms with van der Waals surface area (Å²) >= 11 is 5.96. The maximum Gasteiger partial charge on any atom is 0.323 e. The summed E-state index contributed by atoms with van der Waals surface area (Å²) in [6.45, 7) is -0.484. The standard InChI is InChI=1S/C12H8N2O5S2/c15-10(16)6-13-11(17)9(21-12(13)20)5-7-1-3-8(4-2-7)14(18)19/h1-5H,6H2,(H,15,16). The second-order valence-electron chi connectivity index (χ2n) is 4.01. The Kier molecular flexibility index (Phi) is 4.34. The van der Waals surface area contributed by atoms with Gasteiger partial charge in [0.2, 0.25) is 0 Å². The van der Waals surface area contributed by atoms with Gasteiger partial charge in [-0.25, -0.2) is 0 Å². The van der Waals surface area contributed by atoms with Gasteiger partial charge in [0.05, 0.1) is 9.83 Å². The molecule has 9 heteroatoms. The van der Waals surface area contributed by atoms with Crippen LogP contribution in [0.4, 0.5) is 5.69 Å². The van der Waals surface area contributed by atoms with Gasteiger partial charge in [-0.05, 0) is 23.8 Å². The van der Waals surface area contributed by atoms with E-state index < -0.39 is 23.3 Å². The van der Waals surface area contributed by atoms with E-state index in [4.69, 9.17) is 17.3 Å². The Labute approximate surface area is 128 Å². The zero-order valence-electron chi connectivity index (χ0n) is 10.4. The van der Waals surface area contributed by atoms with Crippen molar-refractivity contribution in [3.63, 3.8) is 0 Å². The van der Waals surface area contributed by atoms with Gasteiger partial charge in [0.15, 0.2) is 0 Å². The summed E-state index contributed by atoms with van der Waals surface area (Å²) in [7, 11) is 0. The van der Waals surface area contributed by atoms with E-state index >= 15 is 0 Å². The van der Waals surface area contributed by atoms with Gasteiger partial charge in [-0.15, -0.1) is 0 Å². The van der Waals surface area contributed by atoms with Crippen LogP contribution in [0, 0.1) is 10.1 Å². The number of thiocarbonyl (C=S) groups is 1. The molecular formula is C12H8N2O5S2. The molecule has 1 aromatic carbocycles. The van der Waals surface area contributed by atoms with E-state index in [1.807, 2.05) is 0 Å². The third-order valence-electron chi connectivity index (χ3n) is 2.57. The molecule has 0 unspecified atom stereocenters. The monoisotopic (exact) mass is 324 g/mol. The van der Waals surface area contributed by atoms with Crippen LogP contribution in [-0.4, -0.2) is 37.7 Å². The fourth-order valence-electron chi connectivity index (χ4n) is 1.62. The Hall–Kier alpha value is -2.26. The van der Waals surface area contributed by atoms with Crippen molar-refractivity contribution in [1.29, 1.82) is 0 Å². The van der Waals surface area contributed by atoms with Crippen LogP contribution in [0.1, 0.15) is 5.56 Å². The maximum atomic E-state index is 12.0. The van der Waals surface area contributed by atoms with Crippen LogP contribution in [0.25, 0.3) is 6.08 Å². The molecule has 7 nitrogen and oxygen atoms in total. The minimum Gasteiger partial charge on any atom is -0.480 e. The number of carbonyl (C=O) groups is 2. The summed E-state index contributed by atoms with van der Waals surface area (Å²) in [5.41, 5.74) is 0.544. The van der Waals surface area contributed by atoms with Gasteiger partial charge in [0, 0.05) is 12.1 Å². The van der Waals surface area contributed by atoms with Gasteiger partial charge < -0.3 is 5.11 Å². The summed E-state index contributed by atoms with van der Waals surface area (Å²) in [5.74, 6) is -1.63. The van der Waals surface area contributed by atoms with E-state index in [1.165, 1.54) is 30.3 Å². The number of nitro groups is 1. The van der Waals surface area contributed by atoms with Crippen molar-refractivity contribution in [1.82, 2.24) is 4.90 Å². The van der Waals surface area contributed by atoms with Crippen molar-refractivity contribution < 1.29 is 19.6 Å². The minimum absolute atomic E-state index is 0.0504. The fraction of sp³-hybridized carbons (Fsp3) is 0.0833. The van der Waals surface area contributed by atoms with Crippen LogP contribution < -0.4 is 0 Å². The normalized spacial score (nSPS) is 16.6. The minimum atomic E-state index is -1.15. The van der Waals surface area contributed by atoms with Gasteiger partial charge >= 0.3 is 5.97 Å². The first-order valence-electron chi connectivity index (χ1n) is 5.60. The number of non-ortho nitro benzene ring substituents is 1. The number of amides is 1. The molecule has 0 spiro atoms. The second kappa shape index (κ2) is 6.02. The molecule has 1 aromatic rings. The first kappa shape index (κ1) is 15.1. The summed E-state index contributed by atoms with van der Waals surface area (Å²) < 4.78 is 0.176. The molecule has 1 N–H and O–H groups in total. The topological polar surface area (TPSA) is 101 Å². The number of hydrogen-bond donors (Lipinski definition) is 1. The predicted octanol–water partition coefficient (Wildman–Crippen LogP) is 1.88. The number of thioether (sulfide) groups is 1. The first-order chi connectivity index (χ1) is 9.88. The molecular weight excluding hydrogens is 316 g/mol. The highest BCUT2D eigenvalue weighted by molar-refractivity contribution is 8.26. The number of benzene rings is 1. The van der Waals surface area contributed by atoms with Crippen molar-refractivity contribution in [3.05, 3.63) is 44.8 Å². The molecule has 108 valence electrons. The summed E-state index contributed by atoms with van der Waals surface area (Å²) in [6.07, 6.45) is 1.52. The smallest absolute Gasteiger partial charge is 0.323 e. The van der Waals surface area contributed by atoms with E-state index in [0.717, 1.165) is 16.7 Å². The summed E-state index contributed by atoms with van der Waals surface area (Å²) in [6, 6.07) is 5.65. The Morgan fingerprint density at radius 2 is 2.05 bits per heavy atom. The third kappa shape index (κ3) is 3.44. The number of nitrogens with zero attached hydrogens (tertiary/aromatic N) is 2. The number of carboxylic acid groups (broad SMARTS) is 1. The molecule has 0 atom stereocenters. The average Bonchev–Trinajstić information content (AvgIpc) is 2.67. The molecule has 2 rings (SSSR count). The molecule has 0 saturated carbocycles. The Bertz CT molecular complexity index is 669. The average molecular weight is 324 g/mol. The van der Waals surface area contributed by atoms with Gasteiger partial charge in [0.1, 0.15) is 10.9 Å². The van der Waals surface area contributed by atoms with Gasteiger partial charge in [-0.3, -0.25) is 24.6 Å². The molecule has 0 aliphatic carbocycles. The summed E-state index contributed by atoms with van der Waals surface area (Å²) in [4.78, 5) is 34.0. The van der Waals surface area contributed by atoms with E-state index in [0.29, 0.717) is 5.56 Å². The Balaban J connectivity index is 2.22. The summed E-state index contributed by atoms with van der Waals surface area (Å²) in [5, 5.41) is 19.3. The van der Waals surface area contributed by atoms with Crippen molar-refractivity contribution in [3.8, 4) is 0 Å². The molecule has 1 aliphatic heterocycles. The van der Waals surface area contributed by atoms with E-state index in [-0.39, 0.29) is 14.9 Å². The van der Waals surface area contributed by atoms with Gasteiger partial charge in [-0.1, -0.05) is 24.0 Å². The van der Waals surface area contributed by atoms with Crippen LogP contribution in [0.3, 0.4) is 0 Å². The highest BCUT2D eigenvalue weighted by atomic mass is 32.2. The first-order valence-corrected chi connectivity index (χ1v) is 6.82. The second-order valence-corrected chi connectivity index (χ2v) is 5.69. The number of hydrogen-bond acceptors (Lipinski definition) is 6. The third-order valence-corrected chi connectivity index (χ3v) is 3.95.